The number of hydrogen-bond donors (Lipinski definition) is 2. The molecule has 2 spiro atoms. The van der Waals surface area contributed by atoms with Crippen LogP contribution in [0.25, 0.3) is 10.8 Å². The lowest BCUT2D eigenvalue weighted by molar-refractivity contribution is -0.186. The van der Waals surface area contributed by atoms with Crippen molar-refractivity contribution >= 4 is 28.6 Å². The number of nitrogens with one attached hydrogen (secondary N) is 2. The van der Waals surface area contributed by atoms with Gasteiger partial charge in [-0.05, 0) is 42.2 Å². The van der Waals surface area contributed by atoms with Gasteiger partial charge in [0.15, 0.2) is 5.79 Å². The summed E-state index contributed by atoms with van der Waals surface area (Å²) in [4.78, 5) is 39.4. The summed E-state index contributed by atoms with van der Waals surface area (Å²) in [7, 11) is 0. The molecule has 2 N–H and O–H groups in total. The standard InChI is InChI=1S/C24H27N3O5/c1-16(18-7-6-17-4-2-3-5-19(17)14-18)25-20(28)15-27-21(29)23(26-22(27)30)8-10-24(11-9-23)31-12-13-32-24/h2-7,14,16H,8-13,15H2,1H3,(H,25,28)(H,26,30)/t16-/m0/s1. The van der Waals surface area contributed by atoms with E-state index in [1.165, 1.54) is 0 Å². The van der Waals surface area contributed by atoms with Crippen LogP contribution in [-0.2, 0) is 19.1 Å². The minimum absolute atomic E-state index is 0.256. The minimum Gasteiger partial charge on any atom is -0.348 e. The Morgan fingerprint density at radius 1 is 1.06 bits per heavy atom. The molecule has 3 aliphatic rings. The van der Waals surface area contributed by atoms with E-state index >= 15 is 0 Å². The Morgan fingerprint density at radius 3 is 2.47 bits per heavy atom. The first-order valence-corrected chi connectivity index (χ1v) is 11.1. The molecule has 1 aliphatic carbocycles. The molecular weight excluding hydrogens is 410 g/mol. The van der Waals surface area contributed by atoms with Gasteiger partial charge in [0, 0.05) is 12.8 Å². The van der Waals surface area contributed by atoms with E-state index in [2.05, 4.69) is 10.6 Å². The summed E-state index contributed by atoms with van der Waals surface area (Å²) in [5, 5.41) is 7.96. The number of urea groups is 1. The average Bonchev–Trinajstić information content (AvgIpc) is 3.34. The fraction of sp³-hybridized carbons (Fsp3) is 0.458. The summed E-state index contributed by atoms with van der Waals surface area (Å²) in [6.45, 7) is 2.68. The maximum absolute atomic E-state index is 13.1. The third kappa shape index (κ3) is 3.63. The van der Waals surface area contributed by atoms with Gasteiger partial charge in [-0.2, -0.15) is 0 Å². The van der Waals surface area contributed by atoms with Gasteiger partial charge < -0.3 is 20.1 Å². The van der Waals surface area contributed by atoms with Crippen LogP contribution in [0.2, 0.25) is 0 Å². The monoisotopic (exact) mass is 437 g/mol. The SMILES string of the molecule is C[C@H](NC(=O)CN1C(=O)NC2(CCC3(CC2)OCCO3)C1=O)c1ccc2ccccc2c1. The molecule has 3 fully saturated rings. The number of carbonyl (C=O) groups is 3. The molecule has 2 saturated heterocycles. The van der Waals surface area contributed by atoms with E-state index in [0.717, 1.165) is 21.2 Å². The second kappa shape index (κ2) is 7.86. The zero-order valence-corrected chi connectivity index (χ0v) is 18.1. The van der Waals surface area contributed by atoms with Crippen LogP contribution in [0.1, 0.15) is 44.2 Å². The quantitative estimate of drug-likeness (QED) is 0.717. The van der Waals surface area contributed by atoms with Gasteiger partial charge >= 0.3 is 6.03 Å². The maximum atomic E-state index is 13.1. The number of carbonyl (C=O) groups excluding carboxylic acids is 3. The Balaban J connectivity index is 1.22. The minimum atomic E-state index is -0.970. The molecule has 2 aliphatic heterocycles. The van der Waals surface area contributed by atoms with Gasteiger partial charge in [-0.25, -0.2) is 4.79 Å². The molecule has 2 heterocycles. The van der Waals surface area contributed by atoms with Crippen molar-refractivity contribution in [1.82, 2.24) is 15.5 Å². The molecule has 8 nitrogen and oxygen atoms in total. The molecule has 5 rings (SSSR count). The summed E-state index contributed by atoms with van der Waals surface area (Å²) in [5.74, 6) is -1.35. The maximum Gasteiger partial charge on any atom is 0.325 e. The zero-order valence-electron chi connectivity index (χ0n) is 18.1. The van der Waals surface area contributed by atoms with E-state index in [4.69, 9.17) is 9.47 Å². The molecule has 1 saturated carbocycles. The average molecular weight is 437 g/mol. The molecule has 4 amide bonds. The van der Waals surface area contributed by atoms with Crippen LogP contribution in [0.3, 0.4) is 0 Å². The highest BCUT2D eigenvalue weighted by molar-refractivity contribution is 6.09. The molecule has 0 bridgehead atoms. The Bertz CT molecular complexity index is 1070. The molecule has 0 unspecified atom stereocenters. The predicted molar refractivity (Wildman–Crippen MR) is 117 cm³/mol. The Morgan fingerprint density at radius 2 is 1.75 bits per heavy atom. The first-order chi connectivity index (χ1) is 15.4. The van der Waals surface area contributed by atoms with Crippen LogP contribution >= 0.6 is 0 Å². The highest BCUT2D eigenvalue weighted by Gasteiger charge is 2.56. The van der Waals surface area contributed by atoms with Gasteiger partial charge in [0.2, 0.25) is 5.91 Å². The van der Waals surface area contributed by atoms with Crippen molar-refractivity contribution in [1.29, 1.82) is 0 Å². The van der Waals surface area contributed by atoms with E-state index in [-0.39, 0.29) is 24.4 Å². The van der Waals surface area contributed by atoms with E-state index in [9.17, 15) is 14.4 Å². The van der Waals surface area contributed by atoms with Crippen molar-refractivity contribution in [2.24, 2.45) is 0 Å². The fourth-order valence-electron chi connectivity index (χ4n) is 4.99. The first-order valence-electron chi connectivity index (χ1n) is 11.1. The van der Waals surface area contributed by atoms with Gasteiger partial charge in [0.05, 0.1) is 19.3 Å². The molecule has 2 aromatic carbocycles. The van der Waals surface area contributed by atoms with Gasteiger partial charge in [0.25, 0.3) is 5.91 Å². The molecule has 32 heavy (non-hydrogen) atoms. The van der Waals surface area contributed by atoms with Gasteiger partial charge in [-0.15, -0.1) is 0 Å². The van der Waals surface area contributed by atoms with Crippen molar-refractivity contribution in [3.8, 4) is 0 Å². The van der Waals surface area contributed by atoms with Crippen LogP contribution in [0.4, 0.5) is 4.79 Å². The summed E-state index contributed by atoms with van der Waals surface area (Å²) in [6.07, 6.45) is 1.95. The Kier molecular flexibility index (Phi) is 5.14. The molecule has 0 aromatic heterocycles. The van der Waals surface area contributed by atoms with E-state index in [0.29, 0.717) is 38.9 Å². The van der Waals surface area contributed by atoms with E-state index in [1.54, 1.807) is 0 Å². The number of rotatable bonds is 4. The number of amides is 4. The highest BCUT2D eigenvalue weighted by Crippen LogP contribution is 2.42. The van der Waals surface area contributed by atoms with Gasteiger partial charge in [0.1, 0.15) is 12.1 Å². The molecule has 8 heteroatoms. The lowest BCUT2D eigenvalue weighted by Gasteiger charge is -2.39. The van der Waals surface area contributed by atoms with Crippen molar-refractivity contribution in [3.05, 3.63) is 48.0 Å². The van der Waals surface area contributed by atoms with E-state index < -0.39 is 17.4 Å². The Labute approximate surface area is 186 Å². The van der Waals surface area contributed by atoms with Crippen molar-refractivity contribution in [2.45, 2.75) is 50.0 Å². The number of benzene rings is 2. The molecule has 0 radical (unpaired) electrons. The Hall–Kier alpha value is -2.97. The van der Waals surface area contributed by atoms with Crippen LogP contribution in [0.15, 0.2) is 42.5 Å². The predicted octanol–water partition coefficient (Wildman–Crippen LogP) is 2.62. The summed E-state index contributed by atoms with van der Waals surface area (Å²) >= 11 is 0. The van der Waals surface area contributed by atoms with Crippen molar-refractivity contribution in [2.75, 3.05) is 19.8 Å². The van der Waals surface area contributed by atoms with Gasteiger partial charge in [-0.1, -0.05) is 36.4 Å². The third-order valence-electron chi connectivity index (χ3n) is 6.88. The number of fused-ring (bicyclic) bond motifs is 1. The smallest absolute Gasteiger partial charge is 0.325 e. The lowest BCUT2D eigenvalue weighted by atomic mass is 9.78. The second-order valence-corrected chi connectivity index (χ2v) is 8.91. The molecule has 2 aromatic rings. The third-order valence-corrected chi connectivity index (χ3v) is 6.88. The number of hydrogen-bond acceptors (Lipinski definition) is 5. The van der Waals surface area contributed by atoms with Crippen LogP contribution in [0, 0.1) is 0 Å². The largest absolute Gasteiger partial charge is 0.348 e. The molecule has 1 atom stereocenters. The second-order valence-electron chi connectivity index (χ2n) is 8.91. The highest BCUT2D eigenvalue weighted by atomic mass is 16.7. The number of ether oxygens (including phenoxy) is 2. The van der Waals surface area contributed by atoms with E-state index in [1.807, 2.05) is 49.4 Å². The topological polar surface area (TPSA) is 97.0 Å². The summed E-state index contributed by atoms with van der Waals surface area (Å²) < 4.78 is 11.5. The summed E-state index contributed by atoms with van der Waals surface area (Å²) in [6, 6.07) is 13.3. The first kappa shape index (κ1) is 20.9. The van der Waals surface area contributed by atoms with Crippen molar-refractivity contribution < 1.29 is 23.9 Å². The zero-order chi connectivity index (χ0) is 22.3. The van der Waals surface area contributed by atoms with Gasteiger partial charge in [-0.3, -0.25) is 14.5 Å². The summed E-state index contributed by atoms with van der Waals surface area (Å²) in [5.41, 5.74) is -0.0121. The molecule has 168 valence electrons. The number of nitrogens with zero attached hydrogens (tertiary/aromatic N) is 1. The fourth-order valence-corrected chi connectivity index (χ4v) is 4.99. The van der Waals surface area contributed by atoms with Crippen LogP contribution in [-0.4, -0.2) is 53.8 Å². The normalized spacial score (nSPS) is 22.5. The molecular formula is C24H27N3O5. The van der Waals surface area contributed by atoms with Crippen molar-refractivity contribution in [3.63, 3.8) is 0 Å². The van der Waals surface area contributed by atoms with Crippen LogP contribution < -0.4 is 10.6 Å². The lowest BCUT2D eigenvalue weighted by Crippen LogP contribution is -2.53. The number of imide groups is 1. The van der Waals surface area contributed by atoms with Crippen LogP contribution in [0.5, 0.6) is 0 Å².